The number of benzene rings is 1. The van der Waals surface area contributed by atoms with Crippen LogP contribution in [0.2, 0.25) is 0 Å². The number of aromatic nitrogens is 2. The van der Waals surface area contributed by atoms with Crippen LogP contribution in [0.25, 0.3) is 0 Å². The third-order valence-electron chi connectivity index (χ3n) is 3.40. The molecule has 0 amide bonds. The Morgan fingerprint density at radius 3 is 2.82 bits per heavy atom. The standard InChI is InChI=1S/C15H17N5OS/c1-2-22-15-18-13(16)12-14(19-15)20(11(9-21)17-12)8-10-6-4-3-5-7-10/h3-7,9,11,17H,2,8H2,1H3,(H2,16,18,19). The molecule has 1 aromatic heterocycles. The van der Waals surface area contributed by atoms with Crippen LogP contribution in [-0.2, 0) is 11.3 Å². The van der Waals surface area contributed by atoms with Crippen molar-refractivity contribution in [1.29, 1.82) is 0 Å². The predicted molar refractivity (Wildman–Crippen MR) is 88.9 cm³/mol. The lowest BCUT2D eigenvalue weighted by atomic mass is 10.2. The quantitative estimate of drug-likeness (QED) is 0.497. The average molecular weight is 315 g/mol. The number of hydrogen-bond acceptors (Lipinski definition) is 7. The molecule has 0 spiro atoms. The van der Waals surface area contributed by atoms with Gasteiger partial charge in [-0.3, -0.25) is 4.79 Å². The molecule has 0 aliphatic carbocycles. The highest BCUT2D eigenvalue weighted by atomic mass is 32.2. The van der Waals surface area contributed by atoms with Crippen molar-refractivity contribution in [2.75, 3.05) is 21.7 Å². The fourth-order valence-corrected chi connectivity index (χ4v) is 2.98. The number of nitrogens with one attached hydrogen (secondary N) is 1. The molecule has 1 aromatic carbocycles. The van der Waals surface area contributed by atoms with Crippen molar-refractivity contribution in [2.24, 2.45) is 0 Å². The molecule has 6 nitrogen and oxygen atoms in total. The van der Waals surface area contributed by atoms with Crippen molar-refractivity contribution in [3.63, 3.8) is 0 Å². The SMILES string of the molecule is CCSc1nc(N)c2c(n1)N(Cc1ccccc1)C(C=O)N2. The lowest BCUT2D eigenvalue weighted by molar-refractivity contribution is -0.108. The number of aldehydes is 1. The minimum absolute atomic E-state index is 0.378. The number of nitrogens with zero attached hydrogens (tertiary/aromatic N) is 3. The number of hydrogen-bond donors (Lipinski definition) is 2. The first kappa shape index (κ1) is 14.6. The molecule has 3 N–H and O–H groups in total. The van der Waals surface area contributed by atoms with Crippen LogP contribution < -0.4 is 16.0 Å². The number of nitrogens with two attached hydrogens (primary N) is 1. The van der Waals surface area contributed by atoms with Gasteiger partial charge in [0, 0.05) is 6.54 Å². The summed E-state index contributed by atoms with van der Waals surface area (Å²) in [4.78, 5) is 22.1. The maximum Gasteiger partial charge on any atom is 0.191 e. The number of carbonyl (C=O) groups is 1. The Balaban J connectivity index is 1.98. The predicted octanol–water partition coefficient (Wildman–Crippen LogP) is 2.13. The van der Waals surface area contributed by atoms with Crippen molar-refractivity contribution >= 4 is 35.4 Å². The van der Waals surface area contributed by atoms with Crippen molar-refractivity contribution in [3.05, 3.63) is 35.9 Å². The molecular weight excluding hydrogens is 298 g/mol. The third kappa shape index (κ3) is 2.71. The lowest BCUT2D eigenvalue weighted by Gasteiger charge is -2.22. The molecule has 1 unspecified atom stereocenters. The highest BCUT2D eigenvalue weighted by Gasteiger charge is 2.32. The summed E-state index contributed by atoms with van der Waals surface area (Å²) in [5.74, 6) is 1.93. The van der Waals surface area contributed by atoms with Crippen molar-refractivity contribution in [3.8, 4) is 0 Å². The minimum Gasteiger partial charge on any atom is -0.382 e. The summed E-state index contributed by atoms with van der Waals surface area (Å²) >= 11 is 1.53. The number of fused-ring (bicyclic) bond motifs is 1. The van der Waals surface area contributed by atoms with Gasteiger partial charge in [0.2, 0.25) is 0 Å². The van der Waals surface area contributed by atoms with Gasteiger partial charge in [0.1, 0.15) is 5.69 Å². The Morgan fingerprint density at radius 2 is 2.14 bits per heavy atom. The molecule has 3 rings (SSSR count). The maximum absolute atomic E-state index is 11.4. The average Bonchev–Trinajstić information content (AvgIpc) is 2.87. The molecule has 2 heterocycles. The highest BCUT2D eigenvalue weighted by Crippen LogP contribution is 2.38. The molecular formula is C15H17N5OS. The van der Waals surface area contributed by atoms with Crippen molar-refractivity contribution < 1.29 is 4.79 Å². The number of nitrogen functional groups attached to an aromatic ring is 1. The minimum atomic E-state index is -0.478. The van der Waals surface area contributed by atoms with Crippen LogP contribution in [-0.4, -0.2) is 28.2 Å². The zero-order valence-electron chi connectivity index (χ0n) is 12.2. The van der Waals surface area contributed by atoms with E-state index in [0.29, 0.717) is 29.0 Å². The van der Waals surface area contributed by atoms with Crippen molar-refractivity contribution in [2.45, 2.75) is 24.8 Å². The molecule has 114 valence electrons. The zero-order valence-corrected chi connectivity index (χ0v) is 13.0. The Morgan fingerprint density at radius 1 is 1.36 bits per heavy atom. The van der Waals surface area contributed by atoms with Gasteiger partial charge in [-0.05, 0) is 11.3 Å². The fraction of sp³-hybridized carbons (Fsp3) is 0.267. The second kappa shape index (κ2) is 6.23. The highest BCUT2D eigenvalue weighted by molar-refractivity contribution is 7.99. The number of thioether (sulfide) groups is 1. The largest absolute Gasteiger partial charge is 0.382 e. The van der Waals surface area contributed by atoms with Gasteiger partial charge in [-0.25, -0.2) is 9.97 Å². The lowest BCUT2D eigenvalue weighted by Crippen LogP contribution is -2.36. The van der Waals surface area contributed by atoms with Crippen LogP contribution in [0.4, 0.5) is 17.3 Å². The number of anilines is 3. The van der Waals surface area contributed by atoms with Gasteiger partial charge >= 0.3 is 0 Å². The van der Waals surface area contributed by atoms with E-state index in [1.807, 2.05) is 42.2 Å². The molecule has 1 aliphatic heterocycles. The molecule has 1 aliphatic rings. The van der Waals surface area contributed by atoms with E-state index in [0.717, 1.165) is 17.6 Å². The van der Waals surface area contributed by atoms with Gasteiger partial charge in [-0.15, -0.1) is 0 Å². The van der Waals surface area contributed by atoms with Crippen LogP contribution >= 0.6 is 11.8 Å². The summed E-state index contributed by atoms with van der Waals surface area (Å²) in [7, 11) is 0. The summed E-state index contributed by atoms with van der Waals surface area (Å²) in [5, 5.41) is 3.72. The van der Waals surface area contributed by atoms with E-state index < -0.39 is 6.17 Å². The van der Waals surface area contributed by atoms with E-state index >= 15 is 0 Å². The van der Waals surface area contributed by atoms with Crippen LogP contribution in [0.3, 0.4) is 0 Å². The number of rotatable bonds is 5. The Hall–Kier alpha value is -2.28. The van der Waals surface area contributed by atoms with E-state index in [1.54, 1.807) is 0 Å². The van der Waals surface area contributed by atoms with Crippen molar-refractivity contribution in [1.82, 2.24) is 9.97 Å². The van der Waals surface area contributed by atoms with Crippen LogP contribution in [0.1, 0.15) is 12.5 Å². The maximum atomic E-state index is 11.4. The van der Waals surface area contributed by atoms with Gasteiger partial charge in [0.25, 0.3) is 0 Å². The summed E-state index contributed by atoms with van der Waals surface area (Å²) < 4.78 is 0. The van der Waals surface area contributed by atoms with Crippen LogP contribution in [0.15, 0.2) is 35.5 Å². The first-order valence-corrected chi connectivity index (χ1v) is 8.04. The van der Waals surface area contributed by atoms with Gasteiger partial charge in [0.15, 0.2) is 29.2 Å². The van der Waals surface area contributed by atoms with E-state index in [-0.39, 0.29) is 0 Å². The summed E-state index contributed by atoms with van der Waals surface area (Å²) in [6.45, 7) is 2.61. The van der Waals surface area contributed by atoms with Gasteiger partial charge in [-0.1, -0.05) is 49.0 Å². The first-order chi connectivity index (χ1) is 10.7. The topological polar surface area (TPSA) is 84.1 Å². The molecule has 0 fully saturated rings. The van der Waals surface area contributed by atoms with E-state index in [9.17, 15) is 4.79 Å². The smallest absolute Gasteiger partial charge is 0.191 e. The van der Waals surface area contributed by atoms with Gasteiger partial charge in [-0.2, -0.15) is 0 Å². The summed E-state index contributed by atoms with van der Waals surface area (Å²) in [6.07, 6.45) is 0.380. The summed E-state index contributed by atoms with van der Waals surface area (Å²) in [6, 6.07) is 9.95. The Labute approximate surface area is 133 Å². The second-order valence-electron chi connectivity index (χ2n) is 4.86. The van der Waals surface area contributed by atoms with E-state index in [1.165, 1.54) is 11.8 Å². The second-order valence-corrected chi connectivity index (χ2v) is 6.09. The molecule has 2 aromatic rings. The molecule has 0 bridgehead atoms. The zero-order chi connectivity index (χ0) is 15.5. The van der Waals surface area contributed by atoms with E-state index in [4.69, 9.17) is 5.73 Å². The molecule has 0 saturated heterocycles. The third-order valence-corrected chi connectivity index (χ3v) is 4.12. The van der Waals surface area contributed by atoms with Gasteiger partial charge < -0.3 is 16.0 Å². The normalized spacial score (nSPS) is 16.2. The van der Waals surface area contributed by atoms with E-state index in [2.05, 4.69) is 15.3 Å². The fourth-order valence-electron chi connectivity index (χ4n) is 2.40. The summed E-state index contributed by atoms with van der Waals surface area (Å²) in [5.41, 5.74) is 7.74. The molecule has 7 heteroatoms. The first-order valence-electron chi connectivity index (χ1n) is 7.05. The van der Waals surface area contributed by atoms with Crippen LogP contribution in [0, 0.1) is 0 Å². The Bertz CT molecular complexity index is 679. The number of carbonyl (C=O) groups excluding carboxylic acids is 1. The Kier molecular flexibility index (Phi) is 4.15. The van der Waals surface area contributed by atoms with Crippen LogP contribution in [0.5, 0.6) is 0 Å². The molecule has 0 radical (unpaired) electrons. The molecule has 1 atom stereocenters. The van der Waals surface area contributed by atoms with Gasteiger partial charge in [0.05, 0.1) is 0 Å². The molecule has 22 heavy (non-hydrogen) atoms. The molecule has 0 saturated carbocycles. The monoisotopic (exact) mass is 315 g/mol.